The zero-order valence-electron chi connectivity index (χ0n) is 20.5. The van der Waals surface area contributed by atoms with Crippen molar-refractivity contribution in [3.63, 3.8) is 0 Å². The van der Waals surface area contributed by atoms with Gasteiger partial charge in [0.2, 0.25) is 0 Å². The normalized spacial score (nSPS) is 21.7. The van der Waals surface area contributed by atoms with Gasteiger partial charge in [0.15, 0.2) is 0 Å². The van der Waals surface area contributed by atoms with Crippen molar-refractivity contribution < 1.29 is 27.9 Å². The zero-order valence-corrected chi connectivity index (χ0v) is 22.1. The first-order valence-corrected chi connectivity index (χ1v) is 13.8. The number of amides is 1. The van der Waals surface area contributed by atoms with E-state index >= 15 is 0 Å². The maximum atomic E-state index is 15.0. The summed E-state index contributed by atoms with van der Waals surface area (Å²) < 4.78 is 49.4. The maximum absolute atomic E-state index is 15.0. The van der Waals surface area contributed by atoms with Crippen LogP contribution in [0.3, 0.4) is 0 Å². The smallest absolute Gasteiger partial charge is 0.271 e. The van der Waals surface area contributed by atoms with E-state index in [0.717, 1.165) is 62.0 Å². The molecule has 2 N–H and O–H groups in total. The lowest BCUT2D eigenvalue weighted by Crippen LogP contribution is -2.64. The second-order valence-electron chi connectivity index (χ2n) is 10.9. The molecule has 6 rings (SSSR count). The van der Waals surface area contributed by atoms with E-state index in [2.05, 4.69) is 10.3 Å². The van der Waals surface area contributed by atoms with Crippen molar-refractivity contribution in [3.8, 4) is 5.75 Å². The highest BCUT2D eigenvalue weighted by Gasteiger charge is 2.53. The van der Waals surface area contributed by atoms with Crippen LogP contribution in [0.2, 0.25) is 5.02 Å². The Hall–Kier alpha value is -2.02. The molecule has 7 nitrogen and oxygen atoms in total. The second-order valence-corrected chi connectivity index (χ2v) is 12.3. The Morgan fingerprint density at radius 2 is 1.95 bits per heavy atom. The van der Waals surface area contributed by atoms with Crippen LogP contribution < -0.4 is 10.2 Å². The Morgan fingerprint density at radius 1 is 1.21 bits per heavy atom. The van der Waals surface area contributed by atoms with Crippen molar-refractivity contribution in [2.45, 2.75) is 50.4 Å². The summed E-state index contributed by atoms with van der Waals surface area (Å²) in [6, 6.07) is 7.26. The predicted molar refractivity (Wildman–Crippen MR) is 136 cm³/mol. The number of likely N-dealkylation sites (tertiary alicyclic amines) is 1. The minimum Gasteiger partial charge on any atom is -0.490 e. The quantitative estimate of drug-likeness (QED) is 0.322. The number of benzene rings is 2. The molecule has 12 heteroatoms. The minimum absolute atomic E-state index is 0.0247. The lowest BCUT2D eigenvalue weighted by molar-refractivity contribution is -0.122. The van der Waals surface area contributed by atoms with Crippen molar-refractivity contribution in [2.75, 3.05) is 26.2 Å². The Balaban J connectivity index is 1.03. The van der Waals surface area contributed by atoms with Crippen LogP contribution in [0.5, 0.6) is 5.75 Å². The van der Waals surface area contributed by atoms with Crippen LogP contribution in [-0.2, 0) is 6.54 Å². The third kappa shape index (κ3) is 5.50. The highest BCUT2D eigenvalue weighted by molar-refractivity contribution is 7.94. The van der Waals surface area contributed by atoms with Crippen LogP contribution in [0.25, 0.3) is 0 Å². The van der Waals surface area contributed by atoms with Crippen molar-refractivity contribution in [1.29, 1.82) is 0 Å². The summed E-state index contributed by atoms with van der Waals surface area (Å²) in [4.78, 5) is 14.9. The fourth-order valence-corrected chi connectivity index (χ4v) is 6.65. The average Bonchev–Trinajstić information content (AvgIpc) is 3.62. The number of alkyl halides is 1. The maximum Gasteiger partial charge on any atom is 0.271 e. The first kappa shape index (κ1) is 26.2. The molecule has 1 amide bonds. The first-order chi connectivity index (χ1) is 18.2. The van der Waals surface area contributed by atoms with E-state index < -0.39 is 17.9 Å². The summed E-state index contributed by atoms with van der Waals surface area (Å²) in [6.07, 6.45) is 2.64. The summed E-state index contributed by atoms with van der Waals surface area (Å²) >= 11 is 6.91. The Bertz CT molecular complexity index is 1230. The standard InChI is InChI=1S/C26H28ClF3N4O3S/c27-22-5-17(28)4-3-16(22)10-32-13-26(14-32)8-19(9-26)37-24-7-23(30)21(6-20(24)15-1-2-15)25(35)31-34(36)38-33-11-18(29)12-33/h3-7,15,18-19,36H,1-2,8-14H2,(H,31,35). The molecule has 0 atom stereocenters. The van der Waals surface area contributed by atoms with Gasteiger partial charge in [0, 0.05) is 49.2 Å². The number of nitrogens with zero attached hydrogens (tertiary/aromatic N) is 3. The van der Waals surface area contributed by atoms with Gasteiger partial charge >= 0.3 is 0 Å². The third-order valence-corrected chi connectivity index (χ3v) is 8.82. The van der Waals surface area contributed by atoms with E-state index in [1.807, 2.05) is 0 Å². The van der Waals surface area contributed by atoms with Gasteiger partial charge in [-0.3, -0.25) is 20.3 Å². The third-order valence-electron chi connectivity index (χ3n) is 7.70. The van der Waals surface area contributed by atoms with Crippen molar-refractivity contribution >= 4 is 29.6 Å². The number of carbonyl (C=O) groups is 1. The molecule has 204 valence electrons. The van der Waals surface area contributed by atoms with Crippen molar-refractivity contribution in [3.05, 3.63) is 63.7 Å². The molecular formula is C26H28ClF3N4O3S. The molecule has 2 heterocycles. The van der Waals surface area contributed by atoms with E-state index in [4.69, 9.17) is 16.3 Å². The fraction of sp³-hybridized carbons (Fsp3) is 0.500. The highest BCUT2D eigenvalue weighted by atomic mass is 35.5. The molecule has 0 aromatic heterocycles. The van der Waals surface area contributed by atoms with E-state index in [1.54, 1.807) is 6.07 Å². The SMILES string of the molecule is O=C(NN(O)SN1CC(F)C1)c1cc(C2CC2)c(OC2CC3(C2)CN(Cc2ccc(F)cc2Cl)C3)cc1F. The predicted octanol–water partition coefficient (Wildman–Crippen LogP) is 5.09. The van der Waals surface area contributed by atoms with Crippen LogP contribution in [0, 0.1) is 17.0 Å². The summed E-state index contributed by atoms with van der Waals surface area (Å²) in [7, 11) is 0. The molecule has 38 heavy (non-hydrogen) atoms. The summed E-state index contributed by atoms with van der Waals surface area (Å²) in [5, 5.41) is 10.4. The molecule has 2 aromatic carbocycles. The number of ether oxygens (including phenoxy) is 1. The lowest BCUT2D eigenvalue weighted by atomic mass is 9.61. The molecule has 4 fully saturated rings. The van der Waals surface area contributed by atoms with Crippen LogP contribution in [0.1, 0.15) is 53.1 Å². The molecular weight excluding hydrogens is 541 g/mol. The average molecular weight is 569 g/mol. The van der Waals surface area contributed by atoms with E-state index in [9.17, 15) is 23.2 Å². The zero-order chi connectivity index (χ0) is 26.6. The molecule has 2 aromatic rings. The minimum atomic E-state index is -0.952. The molecule has 2 saturated heterocycles. The molecule has 0 bridgehead atoms. The topological polar surface area (TPSA) is 68.3 Å². The second kappa shape index (κ2) is 10.2. The van der Waals surface area contributed by atoms with Crippen LogP contribution in [-0.4, -0.2) is 63.4 Å². The van der Waals surface area contributed by atoms with E-state index in [0.29, 0.717) is 21.9 Å². The van der Waals surface area contributed by atoms with Crippen molar-refractivity contribution in [1.82, 2.24) is 19.2 Å². The van der Waals surface area contributed by atoms with Crippen molar-refractivity contribution in [2.24, 2.45) is 5.41 Å². The lowest BCUT2D eigenvalue weighted by Gasteiger charge is -2.58. The van der Waals surface area contributed by atoms with Gasteiger partial charge in [-0.2, -0.15) is 0 Å². The molecule has 2 aliphatic heterocycles. The number of halogens is 4. The number of hydrazine groups is 1. The van der Waals surface area contributed by atoms with Gasteiger partial charge in [0.05, 0.1) is 23.8 Å². The number of hydrogen-bond acceptors (Lipinski definition) is 7. The van der Waals surface area contributed by atoms with Gasteiger partial charge < -0.3 is 4.74 Å². The summed E-state index contributed by atoms with van der Waals surface area (Å²) in [5.74, 6) is -1.18. The Labute approximate surface area is 228 Å². The number of nitrogens with one attached hydrogen (secondary N) is 1. The van der Waals surface area contributed by atoms with Gasteiger partial charge in [-0.25, -0.2) is 17.5 Å². The van der Waals surface area contributed by atoms with Gasteiger partial charge in [0.1, 0.15) is 23.6 Å². The molecule has 0 radical (unpaired) electrons. The Morgan fingerprint density at radius 3 is 2.61 bits per heavy atom. The highest BCUT2D eigenvalue weighted by Crippen LogP contribution is 2.52. The molecule has 2 aliphatic carbocycles. The fourth-order valence-electron chi connectivity index (χ4n) is 5.63. The number of rotatable bonds is 9. The van der Waals surface area contributed by atoms with E-state index in [1.165, 1.54) is 28.6 Å². The van der Waals surface area contributed by atoms with E-state index in [-0.39, 0.29) is 41.9 Å². The Kier molecular flexibility index (Phi) is 7.02. The van der Waals surface area contributed by atoms with Crippen LogP contribution >= 0.6 is 23.7 Å². The first-order valence-electron chi connectivity index (χ1n) is 12.7. The van der Waals surface area contributed by atoms with Gasteiger partial charge in [-0.1, -0.05) is 17.7 Å². The molecule has 2 saturated carbocycles. The van der Waals surface area contributed by atoms with Crippen LogP contribution in [0.4, 0.5) is 13.2 Å². The van der Waals surface area contributed by atoms with Gasteiger partial charge in [-0.15, -0.1) is 0 Å². The summed E-state index contributed by atoms with van der Waals surface area (Å²) in [5.41, 5.74) is 3.92. The molecule has 4 aliphatic rings. The number of hydrogen-bond donors (Lipinski definition) is 2. The summed E-state index contributed by atoms with van der Waals surface area (Å²) in [6.45, 7) is 2.77. The monoisotopic (exact) mass is 568 g/mol. The number of carbonyl (C=O) groups excluding carboxylic acids is 1. The molecule has 0 unspecified atom stereocenters. The molecule has 1 spiro atoms. The van der Waals surface area contributed by atoms with Crippen LogP contribution in [0.15, 0.2) is 30.3 Å². The van der Waals surface area contributed by atoms with Gasteiger partial charge in [0.25, 0.3) is 5.91 Å². The largest absolute Gasteiger partial charge is 0.490 e. The van der Waals surface area contributed by atoms with Gasteiger partial charge in [-0.05, 0) is 65.5 Å².